The van der Waals surface area contributed by atoms with Crippen LogP contribution in [-0.2, 0) is 0 Å². The van der Waals surface area contributed by atoms with Crippen molar-refractivity contribution in [3.8, 4) is 11.1 Å². The number of pyridine rings is 1. The third kappa shape index (κ3) is 4.35. The van der Waals surface area contributed by atoms with E-state index in [9.17, 15) is 0 Å². The monoisotopic (exact) mass is 378 g/mol. The zero-order chi connectivity index (χ0) is 19.4. The maximum atomic E-state index is 6.39. The lowest BCUT2D eigenvalue weighted by Crippen LogP contribution is -2.18. The second-order valence-corrected chi connectivity index (χ2v) is 7.04. The number of nitrogens with zero attached hydrogens (tertiary/aromatic N) is 3. The van der Waals surface area contributed by atoms with E-state index >= 15 is 0 Å². The first-order valence-corrected chi connectivity index (χ1v) is 9.15. The maximum Gasteiger partial charge on any atom is 0.132 e. The molecule has 0 spiro atoms. The van der Waals surface area contributed by atoms with Crippen molar-refractivity contribution in [2.45, 2.75) is 13.0 Å². The SMILES string of the molecule is CC(c1cc(-c2ccccc2Cl)ccc1N=C(N)c1cccnc1)N(C)C. The average Bonchev–Trinajstić information content (AvgIpc) is 2.69. The van der Waals surface area contributed by atoms with Crippen molar-refractivity contribution in [3.05, 3.63) is 83.1 Å². The van der Waals surface area contributed by atoms with E-state index in [1.807, 2.05) is 62.6 Å². The summed E-state index contributed by atoms with van der Waals surface area (Å²) in [6.07, 6.45) is 3.43. The Hall–Kier alpha value is -2.69. The highest BCUT2D eigenvalue weighted by molar-refractivity contribution is 6.33. The van der Waals surface area contributed by atoms with Crippen molar-refractivity contribution in [1.82, 2.24) is 9.88 Å². The normalized spacial score (nSPS) is 13.0. The van der Waals surface area contributed by atoms with Crippen LogP contribution in [0.15, 0.2) is 72.0 Å². The highest BCUT2D eigenvalue weighted by Crippen LogP contribution is 2.35. The van der Waals surface area contributed by atoms with E-state index in [4.69, 9.17) is 17.3 Å². The second-order valence-electron chi connectivity index (χ2n) is 6.63. The predicted octanol–water partition coefficient (Wildman–Crippen LogP) is 5.06. The van der Waals surface area contributed by atoms with Gasteiger partial charge < -0.3 is 10.6 Å². The molecule has 1 unspecified atom stereocenters. The molecule has 0 aliphatic carbocycles. The smallest absolute Gasteiger partial charge is 0.132 e. The van der Waals surface area contributed by atoms with E-state index in [-0.39, 0.29) is 6.04 Å². The molecule has 5 heteroatoms. The minimum Gasteiger partial charge on any atom is -0.383 e. The first-order valence-electron chi connectivity index (χ1n) is 8.77. The summed E-state index contributed by atoms with van der Waals surface area (Å²) in [5.74, 6) is 0.445. The number of rotatable bonds is 5. The second kappa shape index (κ2) is 8.33. The van der Waals surface area contributed by atoms with Gasteiger partial charge in [-0.25, -0.2) is 4.99 Å². The minimum absolute atomic E-state index is 0.160. The summed E-state index contributed by atoms with van der Waals surface area (Å²) in [5, 5.41) is 0.729. The standard InChI is InChI=1S/C22H23ClN4/c1-15(27(2)3)19-13-16(18-8-4-5-9-20(18)23)10-11-21(19)26-22(24)17-7-6-12-25-14-17/h4-15H,1-3H3,(H2,24,26). The van der Waals surface area contributed by atoms with Gasteiger partial charge in [-0.1, -0.05) is 35.9 Å². The molecule has 2 N–H and O–H groups in total. The topological polar surface area (TPSA) is 54.5 Å². The largest absolute Gasteiger partial charge is 0.383 e. The molecule has 0 aliphatic heterocycles. The number of hydrogen-bond donors (Lipinski definition) is 1. The molecule has 2 aromatic carbocycles. The molecule has 1 heterocycles. The van der Waals surface area contributed by atoms with Crippen LogP contribution >= 0.6 is 11.6 Å². The molecule has 0 saturated carbocycles. The molecular weight excluding hydrogens is 356 g/mol. The zero-order valence-electron chi connectivity index (χ0n) is 15.7. The first kappa shape index (κ1) is 19.1. The van der Waals surface area contributed by atoms with E-state index in [1.54, 1.807) is 12.4 Å². The summed E-state index contributed by atoms with van der Waals surface area (Å²) in [6, 6.07) is 17.9. The van der Waals surface area contributed by atoms with Gasteiger partial charge >= 0.3 is 0 Å². The first-order chi connectivity index (χ1) is 13.0. The fourth-order valence-electron chi connectivity index (χ4n) is 2.84. The number of benzene rings is 2. The molecule has 0 radical (unpaired) electrons. The van der Waals surface area contributed by atoms with Crippen molar-refractivity contribution in [2.75, 3.05) is 14.1 Å². The van der Waals surface area contributed by atoms with E-state index in [0.717, 1.165) is 33.0 Å². The lowest BCUT2D eigenvalue weighted by atomic mass is 9.98. The van der Waals surface area contributed by atoms with Crippen LogP contribution in [0.25, 0.3) is 11.1 Å². The van der Waals surface area contributed by atoms with Gasteiger partial charge in [0.15, 0.2) is 0 Å². The van der Waals surface area contributed by atoms with Crippen LogP contribution in [-0.4, -0.2) is 29.8 Å². The molecule has 0 amide bonds. The fraction of sp³-hybridized carbons (Fsp3) is 0.182. The Labute approximate surface area is 165 Å². The van der Waals surface area contributed by atoms with Crippen molar-refractivity contribution < 1.29 is 0 Å². The van der Waals surface area contributed by atoms with Gasteiger partial charge in [-0.05, 0) is 62.5 Å². The van der Waals surface area contributed by atoms with Gasteiger partial charge in [-0.3, -0.25) is 4.98 Å². The van der Waals surface area contributed by atoms with E-state index in [2.05, 4.69) is 27.9 Å². The van der Waals surface area contributed by atoms with Crippen molar-refractivity contribution in [3.63, 3.8) is 0 Å². The van der Waals surface area contributed by atoms with Crippen LogP contribution in [0.1, 0.15) is 24.1 Å². The molecule has 0 aliphatic rings. The third-order valence-electron chi connectivity index (χ3n) is 4.64. The van der Waals surface area contributed by atoms with Gasteiger partial charge in [0.05, 0.1) is 5.69 Å². The van der Waals surface area contributed by atoms with Crippen molar-refractivity contribution in [2.24, 2.45) is 10.7 Å². The Morgan fingerprint density at radius 3 is 2.56 bits per heavy atom. The highest BCUT2D eigenvalue weighted by Gasteiger charge is 2.15. The Bertz CT molecular complexity index is 952. The summed E-state index contributed by atoms with van der Waals surface area (Å²) in [4.78, 5) is 10.9. The Morgan fingerprint density at radius 2 is 1.89 bits per heavy atom. The molecule has 0 saturated heterocycles. The Balaban J connectivity index is 2.10. The Kier molecular flexibility index (Phi) is 5.89. The predicted molar refractivity (Wildman–Crippen MR) is 114 cm³/mol. The number of nitrogens with two attached hydrogens (primary N) is 1. The summed E-state index contributed by atoms with van der Waals surface area (Å²) in [5.41, 5.74) is 11.0. The summed E-state index contributed by atoms with van der Waals surface area (Å²) < 4.78 is 0. The van der Waals surface area contributed by atoms with Gasteiger partial charge in [-0.2, -0.15) is 0 Å². The molecule has 3 aromatic rings. The maximum absolute atomic E-state index is 6.39. The third-order valence-corrected chi connectivity index (χ3v) is 4.96. The Morgan fingerprint density at radius 1 is 1.11 bits per heavy atom. The fourth-order valence-corrected chi connectivity index (χ4v) is 3.09. The lowest BCUT2D eigenvalue weighted by molar-refractivity contribution is 0.322. The van der Waals surface area contributed by atoms with Gasteiger partial charge in [0.2, 0.25) is 0 Å². The van der Waals surface area contributed by atoms with Gasteiger partial charge in [0.25, 0.3) is 0 Å². The van der Waals surface area contributed by atoms with E-state index in [1.165, 1.54) is 0 Å². The van der Waals surface area contributed by atoms with Gasteiger partial charge in [0.1, 0.15) is 5.84 Å². The van der Waals surface area contributed by atoms with Crippen LogP contribution in [0.5, 0.6) is 0 Å². The molecular formula is C22H23ClN4. The van der Waals surface area contributed by atoms with Crippen LogP contribution in [0.2, 0.25) is 5.02 Å². The summed E-state index contributed by atoms with van der Waals surface area (Å²) in [6.45, 7) is 2.14. The van der Waals surface area contributed by atoms with E-state index in [0.29, 0.717) is 5.84 Å². The quantitative estimate of drug-likeness (QED) is 0.498. The summed E-state index contributed by atoms with van der Waals surface area (Å²) >= 11 is 6.39. The molecule has 4 nitrogen and oxygen atoms in total. The number of halogens is 1. The van der Waals surface area contributed by atoms with Gasteiger partial charge in [-0.15, -0.1) is 0 Å². The van der Waals surface area contributed by atoms with Crippen LogP contribution in [0.3, 0.4) is 0 Å². The number of amidine groups is 1. The van der Waals surface area contributed by atoms with Crippen LogP contribution in [0.4, 0.5) is 5.69 Å². The van der Waals surface area contributed by atoms with E-state index < -0.39 is 0 Å². The molecule has 27 heavy (non-hydrogen) atoms. The number of aromatic nitrogens is 1. The number of hydrogen-bond acceptors (Lipinski definition) is 3. The molecule has 0 fully saturated rings. The van der Waals surface area contributed by atoms with Crippen LogP contribution in [0, 0.1) is 0 Å². The van der Waals surface area contributed by atoms with Crippen molar-refractivity contribution >= 4 is 23.1 Å². The van der Waals surface area contributed by atoms with Crippen molar-refractivity contribution in [1.29, 1.82) is 0 Å². The minimum atomic E-state index is 0.160. The lowest BCUT2D eigenvalue weighted by Gasteiger charge is -2.23. The average molecular weight is 379 g/mol. The highest BCUT2D eigenvalue weighted by atomic mass is 35.5. The molecule has 1 atom stereocenters. The van der Waals surface area contributed by atoms with Gasteiger partial charge in [0, 0.05) is 34.6 Å². The summed E-state index contributed by atoms with van der Waals surface area (Å²) in [7, 11) is 4.09. The molecule has 138 valence electrons. The molecule has 3 rings (SSSR count). The molecule has 1 aromatic heterocycles. The number of aliphatic imine (C=N–C) groups is 1. The molecule has 0 bridgehead atoms. The zero-order valence-corrected chi connectivity index (χ0v) is 16.5. The van der Waals surface area contributed by atoms with Crippen LogP contribution < -0.4 is 5.73 Å².